The molecule has 3 rings (SSSR count). The first-order valence-corrected chi connectivity index (χ1v) is 9.55. The van der Waals surface area contributed by atoms with E-state index in [1.165, 1.54) is 17.4 Å². The van der Waals surface area contributed by atoms with Crippen LogP contribution in [0, 0.1) is 5.82 Å². The molecule has 0 spiro atoms. The fraction of sp³-hybridized carbons (Fsp3) is 0.235. The van der Waals surface area contributed by atoms with E-state index in [1.807, 2.05) is 6.92 Å². The molecule has 1 amide bonds. The first-order chi connectivity index (χ1) is 12.2. The first kappa shape index (κ1) is 17.6. The topological polar surface area (TPSA) is 68.0 Å². The quantitative estimate of drug-likeness (QED) is 0.481. The molecule has 0 bridgehead atoms. The monoisotopic (exact) mass is 377 g/mol. The number of furan rings is 1. The number of halogens is 1. The fourth-order valence-corrected chi connectivity index (χ4v) is 3.84. The summed E-state index contributed by atoms with van der Waals surface area (Å²) in [5.74, 6) is 1.50. The second-order valence-electron chi connectivity index (χ2n) is 5.10. The van der Waals surface area contributed by atoms with Crippen molar-refractivity contribution < 1.29 is 13.6 Å². The highest BCUT2D eigenvalue weighted by Gasteiger charge is 2.12. The van der Waals surface area contributed by atoms with E-state index < -0.39 is 0 Å². The van der Waals surface area contributed by atoms with Crippen molar-refractivity contribution in [3.63, 3.8) is 0 Å². The van der Waals surface area contributed by atoms with Gasteiger partial charge >= 0.3 is 0 Å². The minimum absolute atomic E-state index is 0.159. The number of nitrogens with one attached hydrogen (secondary N) is 1. The van der Waals surface area contributed by atoms with Crippen LogP contribution in [0.2, 0.25) is 0 Å². The van der Waals surface area contributed by atoms with Gasteiger partial charge in [-0.15, -0.1) is 10.2 Å². The zero-order chi connectivity index (χ0) is 17.6. The lowest BCUT2D eigenvalue weighted by atomic mass is 10.1. The van der Waals surface area contributed by atoms with Crippen LogP contribution in [0.25, 0.3) is 11.3 Å². The molecule has 0 atom stereocenters. The van der Waals surface area contributed by atoms with Crippen molar-refractivity contribution in [3.8, 4) is 11.3 Å². The van der Waals surface area contributed by atoms with Crippen molar-refractivity contribution in [1.29, 1.82) is 0 Å². The van der Waals surface area contributed by atoms with E-state index in [0.29, 0.717) is 28.6 Å². The van der Waals surface area contributed by atoms with Crippen molar-refractivity contribution in [2.45, 2.75) is 24.1 Å². The minimum Gasteiger partial charge on any atom is -0.461 e. The molecule has 2 aromatic heterocycles. The molecule has 0 fully saturated rings. The average molecular weight is 377 g/mol. The smallest absolute Gasteiger partial charge is 0.226 e. The highest BCUT2D eigenvalue weighted by Crippen LogP contribution is 2.26. The minimum atomic E-state index is -0.335. The average Bonchev–Trinajstić information content (AvgIpc) is 3.23. The Balaban J connectivity index is 1.55. The molecule has 0 saturated heterocycles. The largest absolute Gasteiger partial charge is 0.461 e. The molecule has 130 valence electrons. The van der Waals surface area contributed by atoms with E-state index in [9.17, 15) is 9.18 Å². The summed E-state index contributed by atoms with van der Waals surface area (Å²) in [4.78, 5) is 12.0. The summed E-state index contributed by atoms with van der Waals surface area (Å²) < 4.78 is 20.2. The highest BCUT2D eigenvalue weighted by atomic mass is 32.2. The molecule has 8 heteroatoms. The maximum atomic E-state index is 13.8. The van der Waals surface area contributed by atoms with Crippen molar-refractivity contribution in [3.05, 3.63) is 48.0 Å². The zero-order valence-corrected chi connectivity index (χ0v) is 15.1. The van der Waals surface area contributed by atoms with Crippen LogP contribution in [0.15, 0.2) is 45.2 Å². The van der Waals surface area contributed by atoms with Gasteiger partial charge in [0.15, 0.2) is 4.34 Å². The lowest BCUT2D eigenvalue weighted by molar-refractivity contribution is -0.116. The maximum absolute atomic E-state index is 13.8. The Morgan fingerprint density at radius 1 is 1.28 bits per heavy atom. The summed E-state index contributed by atoms with van der Waals surface area (Å²) in [7, 11) is 0. The molecule has 0 radical (unpaired) electrons. The van der Waals surface area contributed by atoms with Crippen molar-refractivity contribution >= 4 is 34.1 Å². The molecule has 1 aromatic carbocycles. The molecular formula is C17H16FN3O2S2. The van der Waals surface area contributed by atoms with Gasteiger partial charge in [-0.3, -0.25) is 4.79 Å². The Morgan fingerprint density at radius 3 is 2.92 bits per heavy atom. The first-order valence-electron chi connectivity index (χ1n) is 7.75. The summed E-state index contributed by atoms with van der Waals surface area (Å²) in [6.45, 7) is 2.03. The van der Waals surface area contributed by atoms with E-state index in [2.05, 4.69) is 15.5 Å². The van der Waals surface area contributed by atoms with Crippen LogP contribution in [0.5, 0.6) is 0 Å². The van der Waals surface area contributed by atoms with Crippen LogP contribution < -0.4 is 5.32 Å². The second-order valence-corrected chi connectivity index (χ2v) is 7.59. The Kier molecular flexibility index (Phi) is 5.83. The van der Waals surface area contributed by atoms with Gasteiger partial charge in [-0.1, -0.05) is 42.2 Å². The summed E-state index contributed by atoms with van der Waals surface area (Å²) in [5, 5.41) is 11.1. The van der Waals surface area contributed by atoms with Crippen LogP contribution in [-0.2, 0) is 11.2 Å². The molecule has 1 N–H and O–H groups in total. The fourth-order valence-electron chi connectivity index (χ4n) is 2.18. The van der Waals surface area contributed by atoms with Crippen molar-refractivity contribution in [2.75, 3.05) is 11.1 Å². The van der Waals surface area contributed by atoms with Gasteiger partial charge in [-0.2, -0.15) is 0 Å². The van der Waals surface area contributed by atoms with E-state index in [-0.39, 0.29) is 18.1 Å². The number of rotatable bonds is 7. The van der Waals surface area contributed by atoms with Gasteiger partial charge in [0.1, 0.15) is 17.3 Å². The summed E-state index contributed by atoms with van der Waals surface area (Å²) >= 11 is 2.94. The van der Waals surface area contributed by atoms with Crippen LogP contribution >= 0.6 is 23.1 Å². The van der Waals surface area contributed by atoms with Crippen LogP contribution in [0.3, 0.4) is 0 Å². The standard InChI is InChI=1S/C17H16FN3O2S2/c1-2-24-17-21-20-16(25-17)19-15(22)10-8-11-7-9-14(23-11)12-5-3-4-6-13(12)18/h3-7,9H,2,8,10H2,1H3,(H,19,20,22). The Labute approximate surface area is 152 Å². The third-order valence-corrected chi connectivity index (χ3v) is 5.17. The molecule has 0 saturated carbocycles. The summed E-state index contributed by atoms with van der Waals surface area (Å²) in [5.41, 5.74) is 0.410. The molecule has 0 unspecified atom stereocenters. The Morgan fingerprint density at radius 2 is 2.12 bits per heavy atom. The highest BCUT2D eigenvalue weighted by molar-refractivity contribution is 8.01. The Bertz CT molecular complexity index is 863. The van der Waals surface area contributed by atoms with Gasteiger partial charge < -0.3 is 9.73 Å². The van der Waals surface area contributed by atoms with Crippen molar-refractivity contribution in [2.24, 2.45) is 0 Å². The van der Waals surface area contributed by atoms with E-state index >= 15 is 0 Å². The molecule has 25 heavy (non-hydrogen) atoms. The lowest BCUT2D eigenvalue weighted by Crippen LogP contribution is -2.11. The number of hydrogen-bond acceptors (Lipinski definition) is 6. The number of anilines is 1. The molecule has 0 aliphatic carbocycles. The number of hydrogen-bond donors (Lipinski definition) is 1. The van der Waals surface area contributed by atoms with Gasteiger partial charge in [0.2, 0.25) is 11.0 Å². The van der Waals surface area contributed by atoms with Gasteiger partial charge in [0.25, 0.3) is 0 Å². The van der Waals surface area contributed by atoms with Gasteiger partial charge in [0.05, 0.1) is 5.56 Å². The van der Waals surface area contributed by atoms with E-state index in [1.54, 1.807) is 42.1 Å². The molecule has 2 heterocycles. The normalized spacial score (nSPS) is 10.8. The third kappa shape index (κ3) is 4.67. The zero-order valence-electron chi connectivity index (χ0n) is 13.5. The number of aryl methyl sites for hydroxylation is 1. The predicted octanol–water partition coefficient (Wildman–Crippen LogP) is 4.62. The van der Waals surface area contributed by atoms with Gasteiger partial charge in [-0.25, -0.2) is 4.39 Å². The molecular weight excluding hydrogens is 361 g/mol. The SMILES string of the molecule is CCSc1nnc(NC(=O)CCc2ccc(-c3ccccc3F)o2)s1. The number of amides is 1. The van der Waals surface area contributed by atoms with Crippen LogP contribution in [0.4, 0.5) is 9.52 Å². The lowest BCUT2D eigenvalue weighted by Gasteiger charge is -2.00. The Hall–Kier alpha value is -2.19. The van der Waals surface area contributed by atoms with Gasteiger partial charge in [-0.05, 0) is 30.0 Å². The van der Waals surface area contributed by atoms with E-state index in [4.69, 9.17) is 4.42 Å². The number of thioether (sulfide) groups is 1. The molecule has 3 aromatic rings. The number of nitrogens with zero attached hydrogens (tertiary/aromatic N) is 2. The number of aromatic nitrogens is 2. The predicted molar refractivity (Wildman–Crippen MR) is 97.4 cm³/mol. The number of benzene rings is 1. The van der Waals surface area contributed by atoms with Crippen LogP contribution in [-0.4, -0.2) is 21.9 Å². The number of carbonyl (C=O) groups is 1. The number of carbonyl (C=O) groups excluding carboxylic acids is 1. The molecule has 0 aliphatic heterocycles. The molecule has 5 nitrogen and oxygen atoms in total. The second kappa shape index (κ2) is 8.26. The van der Waals surface area contributed by atoms with Crippen molar-refractivity contribution in [1.82, 2.24) is 10.2 Å². The third-order valence-electron chi connectivity index (χ3n) is 3.32. The van der Waals surface area contributed by atoms with E-state index in [0.717, 1.165) is 10.1 Å². The maximum Gasteiger partial charge on any atom is 0.226 e. The molecule has 0 aliphatic rings. The summed E-state index contributed by atoms with van der Waals surface area (Å²) in [6, 6.07) is 9.90. The van der Waals surface area contributed by atoms with Crippen LogP contribution in [0.1, 0.15) is 19.1 Å². The van der Waals surface area contributed by atoms with Gasteiger partial charge in [0, 0.05) is 12.8 Å². The summed E-state index contributed by atoms with van der Waals surface area (Å²) in [6.07, 6.45) is 0.676.